The number of sulfone groups is 1. The average Bonchev–Trinajstić information content (AvgIpc) is 2.15. The van der Waals surface area contributed by atoms with Gasteiger partial charge in [0.05, 0.1) is 4.90 Å². The van der Waals surface area contributed by atoms with Gasteiger partial charge in [-0.25, -0.2) is 8.42 Å². The van der Waals surface area contributed by atoms with Crippen molar-refractivity contribution in [2.45, 2.75) is 24.8 Å². The third-order valence-corrected chi connectivity index (χ3v) is 3.21. The number of aryl methyl sites for hydroxylation is 1. The minimum absolute atomic E-state index is 0.193. The van der Waals surface area contributed by atoms with E-state index in [1.165, 1.54) is 13.0 Å². The Morgan fingerprint density at radius 2 is 1.93 bits per heavy atom. The van der Waals surface area contributed by atoms with Gasteiger partial charge in [0.1, 0.15) is 6.10 Å². The van der Waals surface area contributed by atoms with E-state index < -0.39 is 15.9 Å². The van der Waals surface area contributed by atoms with Crippen LogP contribution in [-0.2, 0) is 9.84 Å². The molecule has 0 spiro atoms. The maximum atomic E-state index is 11.7. The summed E-state index contributed by atoms with van der Waals surface area (Å²) in [5.74, 6) is 2.23. The maximum absolute atomic E-state index is 11.7. The van der Waals surface area contributed by atoms with Crippen LogP contribution in [0.5, 0.6) is 0 Å². The summed E-state index contributed by atoms with van der Waals surface area (Å²) in [5.41, 5.74) is 0.650. The first kappa shape index (κ1) is 11.8. The number of hydrogen-bond donors (Lipinski definition) is 1. The fraction of sp³-hybridized carbons (Fsp3) is 0.273. The van der Waals surface area contributed by atoms with E-state index in [9.17, 15) is 8.42 Å². The van der Waals surface area contributed by atoms with Gasteiger partial charge in [-0.05, 0) is 25.5 Å². The van der Waals surface area contributed by atoms with Crippen LogP contribution >= 0.6 is 0 Å². The molecule has 0 saturated heterocycles. The van der Waals surface area contributed by atoms with Crippen molar-refractivity contribution < 1.29 is 13.5 Å². The first-order valence-corrected chi connectivity index (χ1v) is 5.93. The second kappa shape index (κ2) is 4.47. The van der Waals surface area contributed by atoms with Crippen molar-refractivity contribution in [2.75, 3.05) is 0 Å². The fourth-order valence-corrected chi connectivity index (χ4v) is 2.26. The summed E-state index contributed by atoms with van der Waals surface area (Å²) in [4.78, 5) is 0.193. The van der Waals surface area contributed by atoms with E-state index in [1.54, 1.807) is 25.1 Å². The fourth-order valence-electron chi connectivity index (χ4n) is 1.08. The van der Waals surface area contributed by atoms with Gasteiger partial charge in [-0.3, -0.25) is 0 Å². The molecule has 1 aromatic carbocycles. The van der Waals surface area contributed by atoms with Crippen LogP contribution in [0.2, 0.25) is 0 Å². The van der Waals surface area contributed by atoms with Crippen molar-refractivity contribution in [3.63, 3.8) is 0 Å². The van der Waals surface area contributed by atoms with E-state index in [-0.39, 0.29) is 4.90 Å². The lowest BCUT2D eigenvalue weighted by atomic mass is 10.2. The summed E-state index contributed by atoms with van der Waals surface area (Å²) in [6.45, 7) is 3.12. The first-order valence-electron chi connectivity index (χ1n) is 4.44. The third-order valence-electron chi connectivity index (χ3n) is 1.79. The molecule has 0 radical (unpaired) electrons. The van der Waals surface area contributed by atoms with Crippen LogP contribution in [0.4, 0.5) is 0 Å². The Labute approximate surface area is 89.7 Å². The lowest BCUT2D eigenvalue weighted by Gasteiger charge is -2.00. The van der Waals surface area contributed by atoms with E-state index >= 15 is 0 Å². The molecule has 1 atom stereocenters. The van der Waals surface area contributed by atoms with Crippen molar-refractivity contribution in [1.29, 1.82) is 0 Å². The Morgan fingerprint density at radius 1 is 1.33 bits per heavy atom. The molecule has 3 nitrogen and oxygen atoms in total. The van der Waals surface area contributed by atoms with Crippen LogP contribution in [0.1, 0.15) is 12.5 Å². The summed E-state index contributed by atoms with van der Waals surface area (Å²) < 4.78 is 23.3. The molecule has 0 bridgehead atoms. The number of benzene rings is 1. The van der Waals surface area contributed by atoms with Crippen molar-refractivity contribution >= 4 is 9.84 Å². The molecule has 0 aromatic heterocycles. The normalized spacial score (nSPS) is 12.7. The smallest absolute Gasteiger partial charge is 0.245 e. The molecule has 0 aliphatic rings. The first-order chi connectivity index (χ1) is 6.93. The summed E-state index contributed by atoms with van der Waals surface area (Å²) >= 11 is 0. The molecule has 0 aliphatic carbocycles. The van der Waals surface area contributed by atoms with Crippen LogP contribution < -0.4 is 0 Å². The lowest BCUT2D eigenvalue weighted by Crippen LogP contribution is -2.01. The molecular formula is C11H12O3S. The number of hydrogen-bond acceptors (Lipinski definition) is 3. The standard InChI is InChI=1S/C11H12O3S/c1-9-5-3-4-6-11(9)15(13,14)8-7-10(2)12/h3-6,10,12H,1-2H3. The SMILES string of the molecule is Cc1ccccc1S(=O)(=O)C#CC(C)O. The number of aliphatic hydroxyl groups is 1. The highest BCUT2D eigenvalue weighted by Gasteiger charge is 2.12. The van der Waals surface area contributed by atoms with Crippen LogP contribution in [0.15, 0.2) is 29.2 Å². The molecule has 1 rings (SSSR count). The monoisotopic (exact) mass is 224 g/mol. The van der Waals surface area contributed by atoms with Crippen molar-refractivity contribution in [3.8, 4) is 11.2 Å². The topological polar surface area (TPSA) is 54.4 Å². The molecule has 0 heterocycles. The van der Waals surface area contributed by atoms with E-state index in [2.05, 4.69) is 11.2 Å². The molecule has 0 amide bonds. The lowest BCUT2D eigenvalue weighted by molar-refractivity contribution is 0.253. The summed E-state index contributed by atoms with van der Waals surface area (Å²) in [5, 5.41) is 11.0. The van der Waals surface area contributed by atoms with Gasteiger partial charge in [0, 0.05) is 5.25 Å². The Bertz CT molecular complexity index is 504. The van der Waals surface area contributed by atoms with E-state index in [0.717, 1.165) is 0 Å². The van der Waals surface area contributed by atoms with Gasteiger partial charge >= 0.3 is 0 Å². The summed E-state index contributed by atoms with van der Waals surface area (Å²) in [6.07, 6.45) is -0.941. The van der Waals surface area contributed by atoms with Gasteiger partial charge in [-0.15, -0.1) is 0 Å². The predicted molar refractivity (Wildman–Crippen MR) is 57.8 cm³/mol. The zero-order chi connectivity index (χ0) is 11.5. The molecule has 1 unspecified atom stereocenters. The van der Waals surface area contributed by atoms with Gasteiger partial charge < -0.3 is 5.11 Å². The average molecular weight is 224 g/mol. The van der Waals surface area contributed by atoms with E-state index in [1.807, 2.05) is 0 Å². The molecule has 0 saturated carbocycles. The van der Waals surface area contributed by atoms with Crippen molar-refractivity contribution in [3.05, 3.63) is 29.8 Å². The minimum atomic E-state index is -3.61. The highest BCUT2D eigenvalue weighted by Crippen LogP contribution is 2.14. The number of rotatable bonds is 1. The highest BCUT2D eigenvalue weighted by atomic mass is 32.2. The largest absolute Gasteiger partial charge is 0.381 e. The Morgan fingerprint density at radius 3 is 2.47 bits per heavy atom. The molecule has 0 fully saturated rings. The van der Waals surface area contributed by atoms with Crippen LogP contribution in [0.25, 0.3) is 0 Å². The summed E-state index contributed by atoms with van der Waals surface area (Å²) in [7, 11) is -3.61. The van der Waals surface area contributed by atoms with Gasteiger partial charge in [-0.2, -0.15) is 0 Å². The van der Waals surface area contributed by atoms with Crippen molar-refractivity contribution in [1.82, 2.24) is 0 Å². The Hall–Kier alpha value is -1.31. The second-order valence-corrected chi connectivity index (χ2v) is 4.84. The highest BCUT2D eigenvalue weighted by molar-refractivity contribution is 7.96. The minimum Gasteiger partial charge on any atom is -0.381 e. The molecule has 0 aliphatic heterocycles. The predicted octanol–water partition coefficient (Wildman–Crippen LogP) is 1.11. The molecule has 1 aromatic rings. The van der Waals surface area contributed by atoms with E-state index in [0.29, 0.717) is 5.56 Å². The molecule has 4 heteroatoms. The zero-order valence-electron chi connectivity index (χ0n) is 8.56. The molecular weight excluding hydrogens is 212 g/mol. The van der Waals surface area contributed by atoms with Gasteiger partial charge in [-0.1, -0.05) is 24.1 Å². The zero-order valence-corrected chi connectivity index (χ0v) is 9.38. The molecule has 80 valence electrons. The van der Waals surface area contributed by atoms with Crippen LogP contribution in [-0.4, -0.2) is 19.6 Å². The van der Waals surface area contributed by atoms with Crippen LogP contribution in [0, 0.1) is 18.1 Å². The quantitative estimate of drug-likeness (QED) is 0.574. The van der Waals surface area contributed by atoms with Gasteiger partial charge in [0.2, 0.25) is 9.84 Å². The van der Waals surface area contributed by atoms with Crippen molar-refractivity contribution in [2.24, 2.45) is 0 Å². The molecule has 15 heavy (non-hydrogen) atoms. The van der Waals surface area contributed by atoms with Gasteiger partial charge in [0.25, 0.3) is 0 Å². The Kier molecular flexibility index (Phi) is 3.51. The number of aliphatic hydroxyl groups excluding tert-OH is 1. The Balaban J connectivity index is 3.21. The molecule has 1 N–H and O–H groups in total. The maximum Gasteiger partial charge on any atom is 0.245 e. The second-order valence-electron chi connectivity index (χ2n) is 3.19. The van der Waals surface area contributed by atoms with E-state index in [4.69, 9.17) is 5.11 Å². The summed E-state index contributed by atoms with van der Waals surface area (Å²) in [6, 6.07) is 6.61. The third kappa shape index (κ3) is 3.08. The van der Waals surface area contributed by atoms with Crippen LogP contribution in [0.3, 0.4) is 0 Å². The van der Waals surface area contributed by atoms with Gasteiger partial charge in [0.15, 0.2) is 0 Å².